The highest BCUT2D eigenvalue weighted by molar-refractivity contribution is 5.83. The van der Waals surface area contributed by atoms with Crippen molar-refractivity contribution in [2.24, 2.45) is 0 Å². The average Bonchev–Trinajstić information content (AvgIpc) is 3.37. The molecule has 0 fully saturated rings. The zero-order valence-electron chi connectivity index (χ0n) is 19.0. The number of benzene rings is 3. The van der Waals surface area contributed by atoms with Gasteiger partial charge in [-0.05, 0) is 47.9 Å². The van der Waals surface area contributed by atoms with Crippen LogP contribution in [0.3, 0.4) is 0 Å². The Labute approximate surface area is 197 Å². The van der Waals surface area contributed by atoms with E-state index in [1.165, 1.54) is 6.26 Å². The second-order valence-corrected chi connectivity index (χ2v) is 7.93. The summed E-state index contributed by atoms with van der Waals surface area (Å²) >= 11 is 0. The molecule has 0 saturated heterocycles. The van der Waals surface area contributed by atoms with E-state index in [0.29, 0.717) is 28.9 Å². The molecule has 6 heteroatoms. The van der Waals surface area contributed by atoms with Crippen molar-refractivity contribution >= 4 is 11.0 Å². The highest BCUT2D eigenvalue weighted by Crippen LogP contribution is 2.28. The molecule has 0 bridgehead atoms. The molecule has 3 aromatic carbocycles. The van der Waals surface area contributed by atoms with E-state index in [1.54, 1.807) is 19.4 Å². The van der Waals surface area contributed by atoms with Crippen LogP contribution in [0, 0.1) is 0 Å². The molecule has 170 valence electrons. The van der Waals surface area contributed by atoms with E-state index in [4.69, 9.17) is 13.9 Å². The number of nitrogens with zero attached hydrogens (tertiary/aromatic N) is 2. The maximum atomic E-state index is 13.2. The van der Waals surface area contributed by atoms with Crippen LogP contribution in [-0.4, -0.2) is 16.9 Å². The van der Waals surface area contributed by atoms with Gasteiger partial charge in [-0.3, -0.25) is 4.79 Å². The molecule has 0 amide bonds. The van der Waals surface area contributed by atoms with Gasteiger partial charge in [-0.25, -0.2) is 4.68 Å². The Morgan fingerprint density at radius 3 is 2.56 bits per heavy atom. The Morgan fingerprint density at radius 1 is 1.03 bits per heavy atom. The molecular formula is C28H24N2O4. The van der Waals surface area contributed by atoms with Crippen LogP contribution in [0.1, 0.15) is 18.1 Å². The molecule has 34 heavy (non-hydrogen) atoms. The summed E-state index contributed by atoms with van der Waals surface area (Å²) in [6, 6.07) is 21.0. The molecule has 2 heterocycles. The third kappa shape index (κ3) is 4.18. The van der Waals surface area contributed by atoms with Crippen LogP contribution in [0.15, 0.2) is 94.6 Å². The Hall–Kier alpha value is -4.32. The standard InChI is InChI=1S/C28H24N2O4/c1-3-20-13-24-27(34-18-25(28(24)31)21-9-11-23(32-2)12-10-21)14-26(20)33-17-19-15-29-30(16-19)22-7-5-4-6-8-22/h4-16,18H,3,17H2,1-2H3. The molecule has 0 saturated carbocycles. The van der Waals surface area contributed by atoms with E-state index >= 15 is 0 Å². The zero-order valence-corrected chi connectivity index (χ0v) is 19.0. The highest BCUT2D eigenvalue weighted by Gasteiger charge is 2.14. The minimum atomic E-state index is -0.0724. The molecule has 0 aliphatic heterocycles. The maximum absolute atomic E-state index is 13.2. The lowest BCUT2D eigenvalue weighted by molar-refractivity contribution is 0.303. The number of hydrogen-bond donors (Lipinski definition) is 0. The first-order valence-electron chi connectivity index (χ1n) is 11.1. The van der Waals surface area contributed by atoms with Gasteiger partial charge in [0.1, 0.15) is 30.0 Å². The molecular weight excluding hydrogens is 428 g/mol. The summed E-state index contributed by atoms with van der Waals surface area (Å²) in [7, 11) is 1.61. The number of hydrogen-bond acceptors (Lipinski definition) is 5. The topological polar surface area (TPSA) is 66.5 Å². The predicted molar refractivity (Wildman–Crippen MR) is 132 cm³/mol. The van der Waals surface area contributed by atoms with Crippen LogP contribution < -0.4 is 14.9 Å². The van der Waals surface area contributed by atoms with Gasteiger partial charge >= 0.3 is 0 Å². The third-order valence-corrected chi connectivity index (χ3v) is 5.79. The van der Waals surface area contributed by atoms with Crippen LogP contribution in [-0.2, 0) is 13.0 Å². The van der Waals surface area contributed by atoms with Gasteiger partial charge in [0.2, 0.25) is 5.43 Å². The average molecular weight is 453 g/mol. The lowest BCUT2D eigenvalue weighted by atomic mass is 10.0. The Balaban J connectivity index is 1.42. The van der Waals surface area contributed by atoms with Gasteiger partial charge in [-0.2, -0.15) is 5.10 Å². The molecule has 6 nitrogen and oxygen atoms in total. The number of para-hydroxylation sites is 1. The van der Waals surface area contributed by atoms with E-state index in [2.05, 4.69) is 5.10 Å². The largest absolute Gasteiger partial charge is 0.497 e. The van der Waals surface area contributed by atoms with Crippen molar-refractivity contribution in [3.05, 3.63) is 107 Å². The Morgan fingerprint density at radius 2 is 1.82 bits per heavy atom. The lowest BCUT2D eigenvalue weighted by Gasteiger charge is -2.11. The number of aromatic nitrogens is 2. The molecule has 0 radical (unpaired) electrons. The van der Waals surface area contributed by atoms with E-state index < -0.39 is 0 Å². The number of methoxy groups -OCH3 is 1. The van der Waals surface area contributed by atoms with Crippen LogP contribution >= 0.6 is 0 Å². The molecule has 0 aliphatic rings. The minimum Gasteiger partial charge on any atom is -0.497 e. The van der Waals surface area contributed by atoms with Gasteiger partial charge in [0.05, 0.1) is 29.9 Å². The second-order valence-electron chi connectivity index (χ2n) is 7.93. The Kier molecular flexibility index (Phi) is 5.87. The fourth-order valence-electron chi connectivity index (χ4n) is 3.90. The summed E-state index contributed by atoms with van der Waals surface area (Å²) < 4.78 is 19.0. The van der Waals surface area contributed by atoms with Crippen LogP contribution in [0.4, 0.5) is 0 Å². The molecule has 0 N–H and O–H groups in total. The minimum absolute atomic E-state index is 0.0724. The summed E-state index contributed by atoms with van der Waals surface area (Å²) in [4.78, 5) is 13.2. The molecule has 0 spiro atoms. The first-order valence-corrected chi connectivity index (χ1v) is 11.1. The number of aryl methyl sites for hydroxylation is 1. The zero-order chi connectivity index (χ0) is 23.5. The molecule has 0 atom stereocenters. The van der Waals surface area contributed by atoms with E-state index in [0.717, 1.165) is 34.5 Å². The fourth-order valence-corrected chi connectivity index (χ4v) is 3.90. The number of ether oxygens (including phenoxy) is 2. The molecule has 0 unspecified atom stereocenters. The van der Waals surface area contributed by atoms with Crippen molar-refractivity contribution in [1.82, 2.24) is 9.78 Å². The first-order chi connectivity index (χ1) is 16.7. The third-order valence-electron chi connectivity index (χ3n) is 5.79. The molecule has 5 aromatic rings. The lowest BCUT2D eigenvalue weighted by Crippen LogP contribution is -2.06. The van der Waals surface area contributed by atoms with Crippen LogP contribution in [0.5, 0.6) is 11.5 Å². The van der Waals surface area contributed by atoms with Gasteiger partial charge < -0.3 is 13.9 Å². The van der Waals surface area contributed by atoms with Crippen molar-refractivity contribution in [3.8, 4) is 28.3 Å². The molecule has 0 aliphatic carbocycles. The van der Waals surface area contributed by atoms with Crippen molar-refractivity contribution < 1.29 is 13.9 Å². The Bertz CT molecular complexity index is 1490. The van der Waals surface area contributed by atoms with Crippen molar-refractivity contribution in [3.63, 3.8) is 0 Å². The quantitative estimate of drug-likeness (QED) is 0.312. The predicted octanol–water partition coefficient (Wildman–Crippen LogP) is 5.80. The summed E-state index contributed by atoms with van der Waals surface area (Å²) in [6.07, 6.45) is 5.97. The summed E-state index contributed by atoms with van der Waals surface area (Å²) in [5.74, 6) is 1.43. The summed E-state index contributed by atoms with van der Waals surface area (Å²) in [6.45, 7) is 2.40. The number of rotatable bonds is 7. The summed E-state index contributed by atoms with van der Waals surface area (Å²) in [5, 5.41) is 4.96. The van der Waals surface area contributed by atoms with E-state index in [-0.39, 0.29) is 5.43 Å². The first kappa shape index (κ1) is 21.5. The van der Waals surface area contributed by atoms with Gasteiger partial charge in [0.25, 0.3) is 0 Å². The number of fused-ring (bicyclic) bond motifs is 1. The van der Waals surface area contributed by atoms with Gasteiger partial charge in [-0.1, -0.05) is 37.3 Å². The van der Waals surface area contributed by atoms with Gasteiger partial charge in [-0.15, -0.1) is 0 Å². The maximum Gasteiger partial charge on any atom is 0.200 e. The van der Waals surface area contributed by atoms with Crippen LogP contribution in [0.25, 0.3) is 27.8 Å². The van der Waals surface area contributed by atoms with Gasteiger partial charge in [0, 0.05) is 17.8 Å². The van der Waals surface area contributed by atoms with E-state index in [9.17, 15) is 4.79 Å². The second kappa shape index (κ2) is 9.27. The molecule has 2 aromatic heterocycles. The van der Waals surface area contributed by atoms with Crippen molar-refractivity contribution in [2.75, 3.05) is 7.11 Å². The smallest absolute Gasteiger partial charge is 0.200 e. The van der Waals surface area contributed by atoms with Gasteiger partial charge in [0.15, 0.2) is 0 Å². The summed E-state index contributed by atoms with van der Waals surface area (Å²) in [5.41, 5.74) is 4.60. The SMILES string of the molecule is CCc1cc2c(=O)c(-c3ccc(OC)cc3)coc2cc1OCc1cnn(-c2ccccc2)c1. The van der Waals surface area contributed by atoms with E-state index in [1.807, 2.05) is 78.5 Å². The van der Waals surface area contributed by atoms with Crippen LogP contribution in [0.2, 0.25) is 0 Å². The fraction of sp³-hybridized carbons (Fsp3) is 0.143. The van der Waals surface area contributed by atoms with Crippen molar-refractivity contribution in [1.29, 1.82) is 0 Å². The molecule has 5 rings (SSSR count). The normalized spacial score (nSPS) is 11.0. The van der Waals surface area contributed by atoms with Crippen molar-refractivity contribution in [2.45, 2.75) is 20.0 Å². The highest BCUT2D eigenvalue weighted by atomic mass is 16.5. The monoisotopic (exact) mass is 452 g/mol.